The molecule has 1 saturated heterocycles. The van der Waals surface area contributed by atoms with Crippen LogP contribution in [0, 0.1) is 5.82 Å². The van der Waals surface area contributed by atoms with Crippen molar-refractivity contribution in [1.29, 1.82) is 0 Å². The van der Waals surface area contributed by atoms with Crippen LogP contribution in [-0.2, 0) is 6.42 Å². The van der Waals surface area contributed by atoms with Gasteiger partial charge in [-0.3, -0.25) is 0 Å². The summed E-state index contributed by atoms with van der Waals surface area (Å²) < 4.78 is 18.6. The molecule has 0 radical (unpaired) electrons. The molecule has 1 aromatic rings. The normalized spacial score (nSPS) is 16.1. The number of carboxylic acids is 1. The fraction of sp³-hybridized carbons (Fsp3) is 0.500. The van der Waals surface area contributed by atoms with Crippen molar-refractivity contribution in [1.82, 2.24) is 10.2 Å². The standard InChI is InChI=1S/C14H19FN2O3/c1-20-13-11(14(18)19)8-10(9-12(13)15)2-5-17-6-3-16-4-7-17/h8-9,16H,2-7H2,1H3,(H,18,19). The first-order valence-electron chi connectivity index (χ1n) is 6.64. The highest BCUT2D eigenvalue weighted by Crippen LogP contribution is 2.24. The zero-order valence-corrected chi connectivity index (χ0v) is 11.5. The maximum Gasteiger partial charge on any atom is 0.339 e. The van der Waals surface area contributed by atoms with E-state index < -0.39 is 11.8 Å². The third-order valence-electron chi connectivity index (χ3n) is 3.46. The van der Waals surface area contributed by atoms with Gasteiger partial charge in [-0.25, -0.2) is 9.18 Å². The third kappa shape index (κ3) is 3.46. The molecule has 0 saturated carbocycles. The lowest BCUT2D eigenvalue weighted by atomic mass is 10.1. The molecule has 20 heavy (non-hydrogen) atoms. The van der Waals surface area contributed by atoms with E-state index in [1.165, 1.54) is 19.2 Å². The second kappa shape index (κ2) is 6.67. The minimum atomic E-state index is -1.18. The lowest BCUT2D eigenvalue weighted by Crippen LogP contribution is -2.44. The van der Waals surface area contributed by atoms with Gasteiger partial charge in [-0.05, 0) is 24.1 Å². The van der Waals surface area contributed by atoms with Gasteiger partial charge < -0.3 is 20.1 Å². The van der Waals surface area contributed by atoms with Gasteiger partial charge in [0.2, 0.25) is 0 Å². The van der Waals surface area contributed by atoms with Crippen LogP contribution in [0.1, 0.15) is 15.9 Å². The van der Waals surface area contributed by atoms with Gasteiger partial charge in [-0.15, -0.1) is 0 Å². The van der Waals surface area contributed by atoms with Gasteiger partial charge in [-0.2, -0.15) is 0 Å². The van der Waals surface area contributed by atoms with Gasteiger partial charge in [0.15, 0.2) is 11.6 Å². The van der Waals surface area contributed by atoms with E-state index >= 15 is 0 Å². The average Bonchev–Trinajstić information content (AvgIpc) is 2.45. The lowest BCUT2D eigenvalue weighted by molar-refractivity contribution is 0.0692. The molecule has 5 nitrogen and oxygen atoms in total. The number of rotatable bonds is 5. The largest absolute Gasteiger partial charge is 0.493 e. The first-order valence-corrected chi connectivity index (χ1v) is 6.64. The van der Waals surface area contributed by atoms with Gasteiger partial charge >= 0.3 is 5.97 Å². The third-order valence-corrected chi connectivity index (χ3v) is 3.46. The van der Waals surface area contributed by atoms with Gasteiger partial charge in [0.05, 0.1) is 7.11 Å². The zero-order valence-electron chi connectivity index (χ0n) is 11.5. The highest BCUT2D eigenvalue weighted by Gasteiger charge is 2.18. The molecule has 1 aromatic carbocycles. The van der Waals surface area contributed by atoms with Gasteiger partial charge in [0.1, 0.15) is 5.56 Å². The molecule has 2 rings (SSSR count). The fourth-order valence-electron chi connectivity index (χ4n) is 2.38. The Balaban J connectivity index is 2.09. The van der Waals surface area contributed by atoms with E-state index in [0.29, 0.717) is 12.0 Å². The molecule has 1 aliphatic rings. The predicted octanol–water partition coefficient (Wildman–Crippen LogP) is 0.980. The molecule has 110 valence electrons. The van der Waals surface area contributed by atoms with Crippen molar-refractivity contribution < 1.29 is 19.0 Å². The SMILES string of the molecule is COc1c(F)cc(CCN2CCNCC2)cc1C(=O)O. The zero-order chi connectivity index (χ0) is 14.5. The van der Waals surface area contributed by atoms with Crippen molar-refractivity contribution in [3.63, 3.8) is 0 Å². The van der Waals surface area contributed by atoms with Crippen molar-refractivity contribution >= 4 is 5.97 Å². The van der Waals surface area contributed by atoms with Crippen LogP contribution in [0.4, 0.5) is 4.39 Å². The predicted molar refractivity (Wildman–Crippen MR) is 72.9 cm³/mol. The van der Waals surface area contributed by atoms with Crippen molar-refractivity contribution in [3.05, 3.63) is 29.1 Å². The first kappa shape index (κ1) is 14.7. The van der Waals surface area contributed by atoms with Crippen molar-refractivity contribution in [2.75, 3.05) is 39.8 Å². The van der Waals surface area contributed by atoms with Gasteiger partial charge in [0, 0.05) is 32.7 Å². The number of methoxy groups -OCH3 is 1. The maximum absolute atomic E-state index is 13.8. The monoisotopic (exact) mass is 282 g/mol. The molecular formula is C14H19FN2O3. The number of carbonyl (C=O) groups is 1. The topological polar surface area (TPSA) is 61.8 Å². The molecule has 0 atom stereocenters. The molecule has 0 aliphatic carbocycles. The molecular weight excluding hydrogens is 263 g/mol. The molecule has 0 amide bonds. The summed E-state index contributed by atoms with van der Waals surface area (Å²) >= 11 is 0. The number of hydrogen-bond donors (Lipinski definition) is 2. The second-order valence-electron chi connectivity index (χ2n) is 4.81. The Labute approximate surface area is 117 Å². The van der Waals surface area contributed by atoms with E-state index in [9.17, 15) is 9.18 Å². The second-order valence-corrected chi connectivity index (χ2v) is 4.81. The fourth-order valence-corrected chi connectivity index (χ4v) is 2.38. The van der Waals surface area contributed by atoms with Gasteiger partial charge in [-0.1, -0.05) is 0 Å². The van der Waals surface area contributed by atoms with Crippen LogP contribution in [0.5, 0.6) is 5.75 Å². The minimum Gasteiger partial charge on any atom is -0.493 e. The summed E-state index contributed by atoms with van der Waals surface area (Å²) in [7, 11) is 1.27. The summed E-state index contributed by atoms with van der Waals surface area (Å²) in [6.45, 7) is 4.63. The van der Waals surface area contributed by atoms with Crippen molar-refractivity contribution in [2.24, 2.45) is 0 Å². The van der Waals surface area contributed by atoms with Crippen molar-refractivity contribution in [2.45, 2.75) is 6.42 Å². The van der Waals surface area contributed by atoms with E-state index in [0.717, 1.165) is 32.7 Å². The molecule has 1 aliphatic heterocycles. The number of hydrogen-bond acceptors (Lipinski definition) is 4. The van der Waals surface area contributed by atoms with E-state index in [1.54, 1.807) is 0 Å². The molecule has 0 spiro atoms. The number of ether oxygens (including phenoxy) is 1. The Morgan fingerprint density at radius 1 is 1.45 bits per heavy atom. The number of nitrogens with one attached hydrogen (secondary N) is 1. The minimum absolute atomic E-state index is 0.122. The molecule has 0 unspecified atom stereocenters. The number of aromatic carboxylic acids is 1. The van der Waals surface area contributed by atoms with Crippen LogP contribution < -0.4 is 10.1 Å². The van der Waals surface area contributed by atoms with Crippen LogP contribution in [0.15, 0.2) is 12.1 Å². The summed E-state index contributed by atoms with van der Waals surface area (Å²) in [4.78, 5) is 13.4. The molecule has 1 heterocycles. The number of carboxylic acid groups (broad SMARTS) is 1. The number of benzene rings is 1. The summed E-state index contributed by atoms with van der Waals surface area (Å²) in [5, 5.41) is 12.4. The maximum atomic E-state index is 13.8. The number of piperazine rings is 1. The quantitative estimate of drug-likeness (QED) is 0.843. The van der Waals surface area contributed by atoms with Crippen LogP contribution >= 0.6 is 0 Å². The Kier molecular flexibility index (Phi) is 4.92. The number of halogens is 1. The lowest BCUT2D eigenvalue weighted by Gasteiger charge is -2.27. The molecule has 6 heteroatoms. The van der Waals surface area contributed by atoms with E-state index in [-0.39, 0.29) is 11.3 Å². The van der Waals surface area contributed by atoms with E-state index in [4.69, 9.17) is 9.84 Å². The highest BCUT2D eigenvalue weighted by atomic mass is 19.1. The Morgan fingerprint density at radius 3 is 2.75 bits per heavy atom. The summed E-state index contributed by atoms with van der Waals surface area (Å²) in [6, 6.07) is 2.85. The van der Waals surface area contributed by atoms with E-state index in [2.05, 4.69) is 10.2 Å². The number of nitrogens with zero attached hydrogens (tertiary/aromatic N) is 1. The Hall–Kier alpha value is -1.66. The van der Waals surface area contributed by atoms with Crippen LogP contribution in [-0.4, -0.2) is 55.8 Å². The Bertz CT molecular complexity index is 488. The van der Waals surface area contributed by atoms with Gasteiger partial charge in [0.25, 0.3) is 0 Å². The smallest absolute Gasteiger partial charge is 0.339 e. The Morgan fingerprint density at radius 2 is 2.15 bits per heavy atom. The highest BCUT2D eigenvalue weighted by molar-refractivity contribution is 5.91. The van der Waals surface area contributed by atoms with Crippen LogP contribution in [0.2, 0.25) is 0 Å². The van der Waals surface area contributed by atoms with Crippen LogP contribution in [0.25, 0.3) is 0 Å². The van der Waals surface area contributed by atoms with Crippen LogP contribution in [0.3, 0.4) is 0 Å². The molecule has 1 fully saturated rings. The van der Waals surface area contributed by atoms with E-state index in [1.807, 2.05) is 0 Å². The molecule has 2 N–H and O–H groups in total. The summed E-state index contributed by atoms with van der Waals surface area (Å²) in [6.07, 6.45) is 0.626. The molecule has 0 bridgehead atoms. The summed E-state index contributed by atoms with van der Waals surface area (Å²) in [5.74, 6) is -2.00. The van der Waals surface area contributed by atoms with Crippen molar-refractivity contribution in [3.8, 4) is 5.75 Å². The average molecular weight is 282 g/mol. The first-order chi connectivity index (χ1) is 9.61. The summed E-state index contributed by atoms with van der Waals surface area (Å²) in [5.41, 5.74) is 0.557. The molecule has 0 aromatic heterocycles.